The number of hydrogen-bond donors (Lipinski definition) is 0. The largest absolute Gasteiger partial charge is 0.465 e. The Bertz CT molecular complexity index is 535. The molecule has 0 aromatic carbocycles. The maximum Gasteiger partial charge on any atom is 0.303 e. The summed E-state index contributed by atoms with van der Waals surface area (Å²) in [7, 11) is 0. The van der Waals surface area contributed by atoms with Gasteiger partial charge in [-0.15, -0.1) is 11.8 Å². The topological polar surface area (TPSA) is 100 Å². The Morgan fingerprint density at radius 3 is 2.26 bits per heavy atom. The Morgan fingerprint density at radius 2 is 1.70 bits per heavy atom. The highest BCUT2D eigenvalue weighted by molar-refractivity contribution is 8.00. The number of rotatable bonds is 4. The first-order chi connectivity index (χ1) is 10.8. The summed E-state index contributed by atoms with van der Waals surface area (Å²) < 4.78 is 21.3. The highest BCUT2D eigenvalue weighted by Gasteiger charge is 2.53. The van der Waals surface area contributed by atoms with Crippen LogP contribution < -0.4 is 0 Å². The number of nitrogens with zero attached hydrogens (tertiary/aromatic N) is 1. The monoisotopic (exact) mass is 345 g/mol. The molecule has 9 heteroatoms. The summed E-state index contributed by atoms with van der Waals surface area (Å²) in [5.41, 5.74) is -0.383. The fourth-order valence-corrected chi connectivity index (χ4v) is 3.96. The summed E-state index contributed by atoms with van der Waals surface area (Å²) in [5, 5.41) is -0.422. The molecule has 0 aromatic heterocycles. The summed E-state index contributed by atoms with van der Waals surface area (Å²) >= 11 is 1.35. The van der Waals surface area contributed by atoms with Crippen LogP contribution in [-0.2, 0) is 33.3 Å². The molecular formula is C14H19NO7S. The van der Waals surface area contributed by atoms with Crippen molar-refractivity contribution in [1.82, 2.24) is 0 Å². The van der Waals surface area contributed by atoms with Gasteiger partial charge in [-0.25, -0.2) is 4.99 Å². The molecule has 0 spiro atoms. The predicted molar refractivity (Wildman–Crippen MR) is 80.9 cm³/mol. The first-order valence-electron chi connectivity index (χ1n) is 7.12. The van der Waals surface area contributed by atoms with E-state index in [1.807, 2.05) is 0 Å². The molecule has 0 N–H and O–H groups in total. The van der Waals surface area contributed by atoms with E-state index in [1.165, 1.54) is 32.5 Å². The second-order valence-corrected chi connectivity index (χ2v) is 6.59. The van der Waals surface area contributed by atoms with Crippen molar-refractivity contribution < 1.29 is 33.3 Å². The van der Waals surface area contributed by atoms with E-state index >= 15 is 0 Å². The normalized spacial score (nSPS) is 32.2. The lowest BCUT2D eigenvalue weighted by molar-refractivity contribution is -0.170. The molecule has 0 amide bonds. The lowest BCUT2D eigenvalue weighted by Crippen LogP contribution is -2.56. The van der Waals surface area contributed by atoms with Gasteiger partial charge >= 0.3 is 17.9 Å². The van der Waals surface area contributed by atoms with Crippen LogP contribution in [0.1, 0.15) is 27.7 Å². The Labute approximate surface area is 137 Å². The van der Waals surface area contributed by atoms with Gasteiger partial charge in [0.1, 0.15) is 12.6 Å². The molecule has 128 valence electrons. The average molecular weight is 345 g/mol. The zero-order valence-electron chi connectivity index (χ0n) is 13.3. The molecule has 2 heterocycles. The van der Waals surface area contributed by atoms with Crippen LogP contribution in [0.3, 0.4) is 0 Å². The van der Waals surface area contributed by atoms with Gasteiger partial charge in [0.15, 0.2) is 23.5 Å². The van der Waals surface area contributed by atoms with E-state index in [0.717, 1.165) is 0 Å². The molecule has 2 aliphatic heterocycles. The molecule has 0 unspecified atom stereocenters. The van der Waals surface area contributed by atoms with E-state index in [-0.39, 0.29) is 12.0 Å². The minimum atomic E-state index is -0.791. The van der Waals surface area contributed by atoms with Crippen molar-refractivity contribution in [2.24, 2.45) is 4.99 Å². The smallest absolute Gasteiger partial charge is 0.303 e. The molecule has 8 nitrogen and oxygen atoms in total. The zero-order chi connectivity index (χ0) is 17.1. The quantitative estimate of drug-likeness (QED) is 0.541. The third kappa shape index (κ3) is 4.37. The first kappa shape index (κ1) is 17.6. The molecule has 0 aliphatic carbocycles. The Morgan fingerprint density at radius 1 is 1.09 bits per heavy atom. The second-order valence-electron chi connectivity index (χ2n) is 5.25. The van der Waals surface area contributed by atoms with Crippen LogP contribution >= 0.6 is 11.8 Å². The molecule has 0 saturated carbocycles. The number of aliphatic imine (C=N–C) groups is 1. The summed E-state index contributed by atoms with van der Waals surface area (Å²) in [6.07, 6.45) is -1.57. The predicted octanol–water partition coefficient (Wildman–Crippen LogP) is 0.672. The van der Waals surface area contributed by atoms with E-state index in [2.05, 4.69) is 4.99 Å². The van der Waals surface area contributed by atoms with Crippen LogP contribution in [0.5, 0.6) is 0 Å². The number of ether oxygens (including phenoxy) is 4. The summed E-state index contributed by atoms with van der Waals surface area (Å²) in [5.74, 6) is -1.00. The number of thioether (sulfide) groups is 1. The highest BCUT2D eigenvalue weighted by Crippen LogP contribution is 2.41. The molecule has 1 saturated heterocycles. The lowest BCUT2D eigenvalue weighted by Gasteiger charge is -2.40. The van der Waals surface area contributed by atoms with Crippen LogP contribution in [0, 0.1) is 0 Å². The fourth-order valence-electron chi connectivity index (χ4n) is 2.53. The van der Waals surface area contributed by atoms with Crippen molar-refractivity contribution in [3.05, 3.63) is 0 Å². The number of hydrogen-bond acceptors (Lipinski definition) is 9. The van der Waals surface area contributed by atoms with Gasteiger partial charge in [-0.3, -0.25) is 14.4 Å². The fraction of sp³-hybridized carbons (Fsp3) is 0.714. The Balaban J connectivity index is 2.26. The maximum atomic E-state index is 11.4. The van der Waals surface area contributed by atoms with Crippen molar-refractivity contribution in [3.63, 3.8) is 0 Å². The van der Waals surface area contributed by atoms with Gasteiger partial charge < -0.3 is 18.9 Å². The van der Waals surface area contributed by atoms with Crippen LogP contribution in [0.4, 0.5) is 0 Å². The molecule has 0 radical (unpaired) electrons. The van der Waals surface area contributed by atoms with Crippen molar-refractivity contribution in [2.75, 3.05) is 6.61 Å². The molecule has 23 heavy (non-hydrogen) atoms. The van der Waals surface area contributed by atoms with Gasteiger partial charge in [0.25, 0.3) is 0 Å². The second kappa shape index (κ2) is 7.20. The highest BCUT2D eigenvalue weighted by atomic mass is 32.2. The molecular weight excluding hydrogens is 326 g/mol. The van der Waals surface area contributed by atoms with Crippen molar-refractivity contribution in [2.45, 2.75) is 56.6 Å². The Kier molecular flexibility index (Phi) is 5.51. The van der Waals surface area contributed by atoms with Crippen LogP contribution in [0.2, 0.25) is 0 Å². The third-order valence-electron chi connectivity index (χ3n) is 3.29. The van der Waals surface area contributed by atoms with Crippen molar-refractivity contribution in [3.8, 4) is 0 Å². The third-order valence-corrected chi connectivity index (χ3v) is 4.68. The molecule has 2 rings (SSSR count). The van der Waals surface area contributed by atoms with E-state index < -0.39 is 41.4 Å². The van der Waals surface area contributed by atoms with Crippen molar-refractivity contribution >= 4 is 35.6 Å². The van der Waals surface area contributed by atoms with Gasteiger partial charge in [-0.1, -0.05) is 0 Å². The van der Waals surface area contributed by atoms with E-state index in [1.54, 1.807) is 6.92 Å². The lowest BCUT2D eigenvalue weighted by atomic mass is 10.0. The number of fused-ring (bicyclic) bond motifs is 1. The first-order valence-corrected chi connectivity index (χ1v) is 8.06. The molecule has 5 atom stereocenters. The van der Waals surface area contributed by atoms with Gasteiger partial charge in [-0.2, -0.15) is 0 Å². The maximum absolute atomic E-state index is 11.4. The minimum Gasteiger partial charge on any atom is -0.465 e. The summed E-state index contributed by atoms with van der Waals surface area (Å²) in [6, 6.07) is -0.471. The summed E-state index contributed by atoms with van der Waals surface area (Å²) in [6.45, 7) is 5.55. The standard InChI is InChI=1S/C14H19NO7S/c1-6-15-11-13(22-9(4)18)12(21-8(3)17)10(5-19-7(2)16)23-14(11)20-6/h10-14H,5H2,1-4H3/t10-,11-,12-,13-,14+/m1/s1. The van der Waals surface area contributed by atoms with Crippen LogP contribution in [0.25, 0.3) is 0 Å². The molecule has 1 fully saturated rings. The number of carbonyl (C=O) groups is 3. The minimum absolute atomic E-state index is 0.0152. The summed E-state index contributed by atoms with van der Waals surface area (Å²) in [4.78, 5) is 38.3. The van der Waals surface area contributed by atoms with Gasteiger partial charge in [-0.05, 0) is 0 Å². The van der Waals surface area contributed by atoms with E-state index in [9.17, 15) is 14.4 Å². The van der Waals surface area contributed by atoms with Crippen LogP contribution in [-0.4, -0.2) is 59.3 Å². The number of esters is 3. The number of carbonyl (C=O) groups excluding carboxylic acids is 3. The van der Waals surface area contributed by atoms with Gasteiger partial charge in [0.2, 0.25) is 0 Å². The molecule has 0 bridgehead atoms. The van der Waals surface area contributed by atoms with Gasteiger partial charge in [0, 0.05) is 27.7 Å². The molecule has 0 aromatic rings. The van der Waals surface area contributed by atoms with Gasteiger partial charge in [0.05, 0.1) is 5.25 Å². The zero-order valence-corrected chi connectivity index (χ0v) is 14.1. The van der Waals surface area contributed by atoms with Crippen LogP contribution in [0.15, 0.2) is 4.99 Å². The van der Waals surface area contributed by atoms with Crippen molar-refractivity contribution in [1.29, 1.82) is 0 Å². The average Bonchev–Trinajstić information content (AvgIpc) is 2.78. The van der Waals surface area contributed by atoms with E-state index in [4.69, 9.17) is 18.9 Å². The SMILES string of the molecule is CC(=O)OC[C@H]1S[C@@H]2OC(C)=N[C@@H]2[C@@H](OC(C)=O)[C@@H]1OC(C)=O. The Hall–Kier alpha value is -1.77. The molecule has 2 aliphatic rings. The van der Waals surface area contributed by atoms with E-state index in [0.29, 0.717) is 5.90 Å².